The topological polar surface area (TPSA) is 59.6 Å². The van der Waals surface area contributed by atoms with E-state index >= 15 is 0 Å². The minimum atomic E-state index is 0. The molecule has 0 aliphatic carbocycles. The number of halogens is 1. The van der Waals surface area contributed by atoms with Crippen molar-refractivity contribution in [1.29, 1.82) is 0 Å². The summed E-state index contributed by atoms with van der Waals surface area (Å²) < 4.78 is 10.6. The van der Waals surface area contributed by atoms with Gasteiger partial charge >= 0.3 is 0 Å². The summed E-state index contributed by atoms with van der Waals surface area (Å²) in [6.07, 6.45) is 2.23. The first-order chi connectivity index (χ1) is 9.76. The summed E-state index contributed by atoms with van der Waals surface area (Å²) in [7, 11) is 3.52. The summed E-state index contributed by atoms with van der Waals surface area (Å²) in [6.45, 7) is 2.10. The molecule has 0 unspecified atom stereocenters. The molecule has 1 amide bonds. The third-order valence-electron chi connectivity index (χ3n) is 2.80. The molecule has 0 fully saturated rings. The van der Waals surface area contributed by atoms with Crippen molar-refractivity contribution < 1.29 is 14.3 Å². The lowest BCUT2D eigenvalue weighted by Gasteiger charge is -2.08. The molecule has 0 aliphatic heterocycles. The Morgan fingerprint density at radius 2 is 1.76 bits per heavy atom. The number of nitrogens with one attached hydrogen (secondary N) is 2. The van der Waals surface area contributed by atoms with Crippen molar-refractivity contribution in [2.75, 3.05) is 33.9 Å². The Balaban J connectivity index is 0.00000400. The van der Waals surface area contributed by atoms with Gasteiger partial charge in [0, 0.05) is 13.0 Å². The van der Waals surface area contributed by atoms with E-state index in [9.17, 15) is 4.79 Å². The number of hydrogen-bond acceptors (Lipinski definition) is 4. The van der Waals surface area contributed by atoms with Crippen LogP contribution in [0.5, 0.6) is 11.5 Å². The number of benzene rings is 1. The zero-order chi connectivity index (χ0) is 14.6. The highest BCUT2D eigenvalue weighted by Gasteiger charge is 2.00. The maximum atomic E-state index is 11.4. The Labute approximate surface area is 132 Å². The minimum Gasteiger partial charge on any atom is -0.497 e. The molecule has 0 atom stereocenters. The Bertz CT molecular complexity index is 385. The zero-order valence-corrected chi connectivity index (χ0v) is 13.5. The molecule has 0 saturated carbocycles. The molecule has 0 bridgehead atoms. The SMILES string of the molecule is CNCCCC(=O)NCCCOc1ccc(OC)cc1.Cl. The molecule has 21 heavy (non-hydrogen) atoms. The highest BCUT2D eigenvalue weighted by atomic mass is 35.5. The van der Waals surface area contributed by atoms with Crippen LogP contribution in [0.2, 0.25) is 0 Å². The van der Waals surface area contributed by atoms with Gasteiger partial charge in [0.15, 0.2) is 0 Å². The van der Waals surface area contributed by atoms with Crippen molar-refractivity contribution in [2.24, 2.45) is 0 Å². The van der Waals surface area contributed by atoms with E-state index in [0.29, 0.717) is 19.6 Å². The summed E-state index contributed by atoms with van der Waals surface area (Å²) in [6, 6.07) is 7.46. The van der Waals surface area contributed by atoms with Gasteiger partial charge in [0.1, 0.15) is 11.5 Å². The van der Waals surface area contributed by atoms with E-state index in [1.165, 1.54) is 0 Å². The van der Waals surface area contributed by atoms with Crippen LogP contribution in [0.4, 0.5) is 0 Å². The fourth-order valence-corrected chi connectivity index (χ4v) is 1.68. The van der Waals surface area contributed by atoms with E-state index in [2.05, 4.69) is 10.6 Å². The molecule has 0 aromatic heterocycles. The zero-order valence-electron chi connectivity index (χ0n) is 12.7. The lowest BCUT2D eigenvalue weighted by Crippen LogP contribution is -2.26. The number of carbonyl (C=O) groups excluding carboxylic acids is 1. The number of amides is 1. The largest absolute Gasteiger partial charge is 0.497 e. The Morgan fingerprint density at radius 3 is 2.38 bits per heavy atom. The second kappa shape index (κ2) is 12.3. The fraction of sp³-hybridized carbons (Fsp3) is 0.533. The first-order valence-corrected chi connectivity index (χ1v) is 6.94. The molecule has 1 rings (SSSR count). The van der Waals surface area contributed by atoms with Crippen LogP contribution < -0.4 is 20.1 Å². The number of ether oxygens (including phenoxy) is 2. The van der Waals surface area contributed by atoms with Crippen LogP contribution in [0.1, 0.15) is 19.3 Å². The summed E-state index contributed by atoms with van der Waals surface area (Å²) in [5, 5.41) is 5.90. The molecule has 5 nitrogen and oxygen atoms in total. The van der Waals surface area contributed by atoms with Gasteiger partial charge in [-0.2, -0.15) is 0 Å². The number of methoxy groups -OCH3 is 1. The second-order valence-electron chi connectivity index (χ2n) is 4.43. The summed E-state index contributed by atoms with van der Waals surface area (Å²) in [5.74, 6) is 1.72. The van der Waals surface area contributed by atoms with Crippen molar-refractivity contribution in [2.45, 2.75) is 19.3 Å². The number of hydrogen-bond donors (Lipinski definition) is 2. The van der Waals surface area contributed by atoms with Crippen LogP contribution >= 0.6 is 12.4 Å². The molecule has 0 radical (unpaired) electrons. The van der Waals surface area contributed by atoms with Gasteiger partial charge in [-0.25, -0.2) is 0 Å². The van der Waals surface area contributed by atoms with E-state index in [4.69, 9.17) is 9.47 Å². The van der Waals surface area contributed by atoms with Gasteiger partial charge in [-0.05, 0) is 50.7 Å². The van der Waals surface area contributed by atoms with Crippen LogP contribution in [0.15, 0.2) is 24.3 Å². The fourth-order valence-electron chi connectivity index (χ4n) is 1.68. The summed E-state index contributed by atoms with van der Waals surface area (Å²) in [5.41, 5.74) is 0. The lowest BCUT2D eigenvalue weighted by atomic mass is 10.3. The Morgan fingerprint density at radius 1 is 1.10 bits per heavy atom. The van der Waals surface area contributed by atoms with Crippen LogP contribution in [0.3, 0.4) is 0 Å². The van der Waals surface area contributed by atoms with Crippen molar-refractivity contribution in [3.05, 3.63) is 24.3 Å². The third kappa shape index (κ3) is 9.15. The van der Waals surface area contributed by atoms with Crippen molar-refractivity contribution in [3.63, 3.8) is 0 Å². The minimum absolute atomic E-state index is 0. The Kier molecular flexibility index (Phi) is 11.4. The molecule has 1 aromatic carbocycles. The Hall–Kier alpha value is -1.46. The van der Waals surface area contributed by atoms with Gasteiger partial charge in [0.05, 0.1) is 13.7 Å². The highest BCUT2D eigenvalue weighted by molar-refractivity contribution is 5.85. The first-order valence-electron chi connectivity index (χ1n) is 6.94. The summed E-state index contributed by atoms with van der Waals surface area (Å²) >= 11 is 0. The van der Waals surface area contributed by atoms with Gasteiger partial charge in [0.25, 0.3) is 0 Å². The normalized spacial score (nSPS) is 9.62. The van der Waals surface area contributed by atoms with Gasteiger partial charge in [0.2, 0.25) is 5.91 Å². The van der Waals surface area contributed by atoms with E-state index < -0.39 is 0 Å². The number of carbonyl (C=O) groups is 1. The molecule has 1 aromatic rings. The van der Waals surface area contributed by atoms with Crippen molar-refractivity contribution in [1.82, 2.24) is 10.6 Å². The molecule has 2 N–H and O–H groups in total. The molecule has 0 spiro atoms. The monoisotopic (exact) mass is 316 g/mol. The standard InChI is InChI=1S/C15H24N2O3.ClH/c1-16-10-3-5-15(18)17-11-4-12-20-14-8-6-13(19-2)7-9-14;/h6-9,16H,3-5,10-12H2,1-2H3,(H,17,18);1H. The predicted octanol–water partition coefficient (Wildman–Crippen LogP) is 2.00. The van der Waals surface area contributed by atoms with Gasteiger partial charge in [-0.3, -0.25) is 4.79 Å². The van der Waals surface area contributed by atoms with Gasteiger partial charge in [-0.1, -0.05) is 0 Å². The predicted molar refractivity (Wildman–Crippen MR) is 86.5 cm³/mol. The lowest BCUT2D eigenvalue weighted by molar-refractivity contribution is -0.121. The average molecular weight is 317 g/mol. The van der Waals surface area contributed by atoms with Gasteiger partial charge in [-0.15, -0.1) is 12.4 Å². The molecule has 0 aliphatic rings. The summed E-state index contributed by atoms with van der Waals surface area (Å²) in [4.78, 5) is 11.4. The molecule has 6 heteroatoms. The molecular weight excluding hydrogens is 292 g/mol. The van der Waals surface area contributed by atoms with E-state index in [0.717, 1.165) is 30.9 Å². The quantitative estimate of drug-likeness (QED) is 0.648. The molecule has 120 valence electrons. The van der Waals surface area contributed by atoms with Crippen LogP contribution in [0, 0.1) is 0 Å². The maximum Gasteiger partial charge on any atom is 0.220 e. The smallest absolute Gasteiger partial charge is 0.220 e. The van der Waals surface area contributed by atoms with Crippen LogP contribution in [-0.4, -0.2) is 39.8 Å². The molecular formula is C15H25ClN2O3. The average Bonchev–Trinajstić information content (AvgIpc) is 2.48. The van der Waals surface area contributed by atoms with E-state index in [-0.39, 0.29) is 18.3 Å². The van der Waals surface area contributed by atoms with Crippen molar-refractivity contribution in [3.8, 4) is 11.5 Å². The first kappa shape index (κ1) is 19.5. The maximum absolute atomic E-state index is 11.4. The van der Waals surface area contributed by atoms with Gasteiger partial charge < -0.3 is 20.1 Å². The van der Waals surface area contributed by atoms with Crippen LogP contribution in [-0.2, 0) is 4.79 Å². The number of rotatable bonds is 10. The highest BCUT2D eigenvalue weighted by Crippen LogP contribution is 2.16. The third-order valence-corrected chi connectivity index (χ3v) is 2.80. The van der Waals surface area contributed by atoms with Crippen molar-refractivity contribution >= 4 is 18.3 Å². The van der Waals surface area contributed by atoms with E-state index in [1.807, 2.05) is 31.3 Å². The van der Waals surface area contributed by atoms with E-state index in [1.54, 1.807) is 7.11 Å². The van der Waals surface area contributed by atoms with Crippen LogP contribution in [0.25, 0.3) is 0 Å². The second-order valence-corrected chi connectivity index (χ2v) is 4.43. The molecule has 0 saturated heterocycles. The molecule has 0 heterocycles.